The van der Waals surface area contributed by atoms with Crippen molar-refractivity contribution in [3.63, 3.8) is 0 Å². The van der Waals surface area contributed by atoms with E-state index in [2.05, 4.69) is 41.5 Å². The summed E-state index contributed by atoms with van der Waals surface area (Å²) in [5.41, 5.74) is 0. The van der Waals surface area contributed by atoms with Gasteiger partial charge in [-0.05, 0) is 37.0 Å². The molecule has 0 aliphatic carbocycles. The minimum Gasteiger partial charge on any atom is -0.462 e. The van der Waals surface area contributed by atoms with E-state index in [0.29, 0.717) is 19.3 Å². The molecule has 6 nitrogen and oxygen atoms in total. The van der Waals surface area contributed by atoms with Crippen LogP contribution in [0, 0.1) is 17.8 Å². The first-order chi connectivity index (χ1) is 33.6. The maximum Gasteiger partial charge on any atom is 0.306 e. The van der Waals surface area contributed by atoms with Crippen LogP contribution >= 0.6 is 0 Å². The number of unbranched alkanes of at least 4 members (excludes halogenated alkanes) is 39. The van der Waals surface area contributed by atoms with Crippen molar-refractivity contribution in [1.82, 2.24) is 0 Å². The Kier molecular flexibility index (Phi) is 52.9. The Morgan fingerprint density at radius 2 is 0.420 bits per heavy atom. The van der Waals surface area contributed by atoms with Gasteiger partial charge in [-0.1, -0.05) is 311 Å². The summed E-state index contributed by atoms with van der Waals surface area (Å²) < 4.78 is 16.9. The lowest BCUT2D eigenvalue weighted by Crippen LogP contribution is -2.30. The second-order valence-electron chi connectivity index (χ2n) is 23.1. The third-order valence-corrected chi connectivity index (χ3v) is 14.4. The second-order valence-corrected chi connectivity index (χ2v) is 23.1. The van der Waals surface area contributed by atoms with Gasteiger partial charge < -0.3 is 14.2 Å². The summed E-state index contributed by atoms with van der Waals surface area (Å²) in [5.74, 6) is 1.68. The number of ether oxygens (including phenoxy) is 3. The molecule has 0 unspecified atom stereocenters. The third kappa shape index (κ3) is 57.2. The zero-order chi connectivity index (χ0) is 50.5. The highest BCUT2D eigenvalue weighted by atomic mass is 16.6. The SMILES string of the molecule is CC(C)CCCCCCCCCCCCCCCCCCCCC(=O)O[C@@H](COC(=O)CCCCCCCCCCCCCCCCC(C)C)COC(=O)CCCCCCCCCCCCC(C)C. The van der Waals surface area contributed by atoms with Crippen molar-refractivity contribution in [1.29, 1.82) is 0 Å². The second kappa shape index (κ2) is 54.2. The Morgan fingerprint density at radius 3 is 0.623 bits per heavy atom. The smallest absolute Gasteiger partial charge is 0.306 e. The largest absolute Gasteiger partial charge is 0.462 e. The number of esters is 3. The van der Waals surface area contributed by atoms with Gasteiger partial charge in [-0.3, -0.25) is 14.4 Å². The average molecular weight is 976 g/mol. The Morgan fingerprint density at radius 1 is 0.246 bits per heavy atom. The van der Waals surface area contributed by atoms with Crippen molar-refractivity contribution in [2.45, 2.75) is 356 Å². The first-order valence-corrected chi connectivity index (χ1v) is 31.1. The molecular formula is C63H122O6. The minimum atomic E-state index is -0.764. The zero-order valence-corrected chi connectivity index (χ0v) is 47.6. The molecule has 0 aromatic rings. The van der Waals surface area contributed by atoms with Gasteiger partial charge in [-0.2, -0.15) is 0 Å². The van der Waals surface area contributed by atoms with Crippen LogP contribution in [0.3, 0.4) is 0 Å². The highest BCUT2D eigenvalue weighted by Gasteiger charge is 2.19. The molecule has 0 saturated heterocycles. The van der Waals surface area contributed by atoms with Gasteiger partial charge >= 0.3 is 17.9 Å². The topological polar surface area (TPSA) is 78.9 Å². The molecule has 0 aromatic heterocycles. The van der Waals surface area contributed by atoms with Crippen LogP contribution in [0.2, 0.25) is 0 Å². The summed E-state index contributed by atoms with van der Waals surface area (Å²) in [4.78, 5) is 38.2. The highest BCUT2D eigenvalue weighted by molar-refractivity contribution is 5.71. The number of carbonyl (C=O) groups is 3. The number of hydrogen-bond acceptors (Lipinski definition) is 6. The van der Waals surface area contributed by atoms with Gasteiger partial charge in [0, 0.05) is 19.3 Å². The van der Waals surface area contributed by atoms with E-state index in [9.17, 15) is 14.4 Å². The molecule has 0 aliphatic heterocycles. The molecule has 0 saturated carbocycles. The summed E-state index contributed by atoms with van der Waals surface area (Å²) in [6.07, 6.45) is 58.2. The molecule has 0 aromatic carbocycles. The van der Waals surface area contributed by atoms with E-state index in [1.54, 1.807) is 0 Å². The van der Waals surface area contributed by atoms with Gasteiger partial charge in [0.1, 0.15) is 13.2 Å². The molecule has 69 heavy (non-hydrogen) atoms. The van der Waals surface area contributed by atoms with Gasteiger partial charge in [0.05, 0.1) is 0 Å². The number of rotatable bonds is 56. The van der Waals surface area contributed by atoms with Crippen LogP contribution < -0.4 is 0 Å². The molecule has 0 aliphatic rings. The monoisotopic (exact) mass is 975 g/mol. The maximum absolute atomic E-state index is 12.9. The summed E-state index contributed by atoms with van der Waals surface area (Å²) in [6, 6.07) is 0. The van der Waals surface area contributed by atoms with Crippen molar-refractivity contribution in [3.8, 4) is 0 Å². The van der Waals surface area contributed by atoms with Gasteiger partial charge in [-0.25, -0.2) is 0 Å². The fourth-order valence-electron chi connectivity index (χ4n) is 9.71. The molecule has 0 heterocycles. The van der Waals surface area contributed by atoms with Crippen LogP contribution in [-0.4, -0.2) is 37.2 Å². The molecule has 410 valence electrons. The first-order valence-electron chi connectivity index (χ1n) is 31.1. The zero-order valence-electron chi connectivity index (χ0n) is 47.6. The normalized spacial score (nSPS) is 12.1. The van der Waals surface area contributed by atoms with Gasteiger partial charge in [0.25, 0.3) is 0 Å². The molecule has 0 N–H and O–H groups in total. The first kappa shape index (κ1) is 67.4. The summed E-state index contributed by atoms with van der Waals surface area (Å²) in [5, 5.41) is 0. The van der Waals surface area contributed by atoms with Crippen molar-refractivity contribution in [3.05, 3.63) is 0 Å². The van der Waals surface area contributed by atoms with Gasteiger partial charge in [-0.15, -0.1) is 0 Å². The molecular weight excluding hydrogens is 853 g/mol. The van der Waals surface area contributed by atoms with Crippen LogP contribution in [0.1, 0.15) is 350 Å². The lowest BCUT2D eigenvalue weighted by molar-refractivity contribution is -0.167. The van der Waals surface area contributed by atoms with E-state index in [1.807, 2.05) is 0 Å². The molecule has 0 amide bonds. The highest BCUT2D eigenvalue weighted by Crippen LogP contribution is 2.19. The molecule has 6 heteroatoms. The number of carbonyl (C=O) groups excluding carboxylic acids is 3. The quantitative estimate of drug-likeness (QED) is 0.0343. The van der Waals surface area contributed by atoms with Crippen LogP contribution in [0.5, 0.6) is 0 Å². The van der Waals surface area contributed by atoms with E-state index in [0.717, 1.165) is 75.5 Å². The molecule has 0 spiro atoms. The fraction of sp³-hybridized carbons (Fsp3) is 0.952. The molecule has 0 fully saturated rings. The minimum absolute atomic E-state index is 0.0630. The predicted octanol–water partition coefficient (Wildman–Crippen LogP) is 20.7. The van der Waals surface area contributed by atoms with Crippen molar-refractivity contribution < 1.29 is 28.6 Å². The summed E-state index contributed by atoms with van der Waals surface area (Å²) in [7, 11) is 0. The lowest BCUT2D eigenvalue weighted by atomic mass is 10.0. The standard InChI is InChI=1S/C63H122O6/c1-57(2)49-43-37-31-25-19-15-11-9-7-8-10-12-18-22-30-36-42-48-54-63(66)69-60(56-68-62(65)53-47-41-35-29-24-23-27-33-39-45-51-59(5)6)55-67-61(64)52-46-40-34-28-21-17-14-13-16-20-26-32-38-44-50-58(3)4/h57-60H,7-56H2,1-6H3/t60-/m0/s1. The molecule has 0 radical (unpaired) electrons. The summed E-state index contributed by atoms with van der Waals surface area (Å²) >= 11 is 0. The third-order valence-electron chi connectivity index (χ3n) is 14.4. The van der Waals surface area contributed by atoms with Crippen LogP contribution in [0.15, 0.2) is 0 Å². The molecule has 1 atom stereocenters. The Hall–Kier alpha value is -1.59. The van der Waals surface area contributed by atoms with E-state index >= 15 is 0 Å². The van der Waals surface area contributed by atoms with Crippen LogP contribution in [0.25, 0.3) is 0 Å². The lowest BCUT2D eigenvalue weighted by Gasteiger charge is -2.18. The van der Waals surface area contributed by atoms with Crippen molar-refractivity contribution in [2.24, 2.45) is 17.8 Å². The number of hydrogen-bond donors (Lipinski definition) is 0. The Bertz CT molecular complexity index is 1070. The van der Waals surface area contributed by atoms with Gasteiger partial charge in [0.2, 0.25) is 0 Å². The Labute approximate surface area is 431 Å². The molecule has 0 rings (SSSR count). The Balaban J connectivity index is 4.26. The summed E-state index contributed by atoms with van der Waals surface area (Å²) in [6.45, 7) is 13.8. The van der Waals surface area contributed by atoms with E-state index in [-0.39, 0.29) is 31.1 Å². The van der Waals surface area contributed by atoms with E-state index in [4.69, 9.17) is 14.2 Å². The fourth-order valence-corrected chi connectivity index (χ4v) is 9.71. The van der Waals surface area contributed by atoms with Crippen molar-refractivity contribution >= 4 is 17.9 Å². The average Bonchev–Trinajstić information content (AvgIpc) is 3.31. The van der Waals surface area contributed by atoms with E-state index < -0.39 is 6.10 Å². The molecule has 0 bridgehead atoms. The van der Waals surface area contributed by atoms with Gasteiger partial charge in [0.15, 0.2) is 6.10 Å². The van der Waals surface area contributed by atoms with Crippen LogP contribution in [0.4, 0.5) is 0 Å². The van der Waals surface area contributed by atoms with Crippen molar-refractivity contribution in [2.75, 3.05) is 13.2 Å². The van der Waals surface area contributed by atoms with E-state index in [1.165, 1.54) is 231 Å². The van der Waals surface area contributed by atoms with Crippen LogP contribution in [-0.2, 0) is 28.6 Å². The predicted molar refractivity (Wildman–Crippen MR) is 298 cm³/mol. The maximum atomic E-state index is 12.9.